The van der Waals surface area contributed by atoms with Crippen LogP contribution in [0.4, 0.5) is 0 Å². The first-order valence-corrected chi connectivity index (χ1v) is 6.24. The van der Waals surface area contributed by atoms with Gasteiger partial charge in [-0.1, -0.05) is 5.16 Å². The van der Waals surface area contributed by atoms with Crippen molar-refractivity contribution in [2.45, 2.75) is 13.5 Å². The highest BCUT2D eigenvalue weighted by atomic mass is 16.5. The number of pyridine rings is 1. The van der Waals surface area contributed by atoms with Crippen LogP contribution < -0.4 is 4.74 Å². The van der Waals surface area contributed by atoms with Crippen molar-refractivity contribution in [1.29, 1.82) is 0 Å². The van der Waals surface area contributed by atoms with Gasteiger partial charge in [0.1, 0.15) is 12.4 Å². The van der Waals surface area contributed by atoms with Crippen LogP contribution in [0.25, 0.3) is 11.4 Å². The molecule has 2 heterocycles. The molecule has 0 radical (unpaired) electrons. The van der Waals surface area contributed by atoms with Crippen LogP contribution in [-0.4, -0.2) is 15.1 Å². The summed E-state index contributed by atoms with van der Waals surface area (Å²) >= 11 is 0. The zero-order chi connectivity index (χ0) is 13.8. The van der Waals surface area contributed by atoms with Crippen LogP contribution in [-0.2, 0) is 6.61 Å². The van der Waals surface area contributed by atoms with Gasteiger partial charge in [-0.15, -0.1) is 0 Å². The monoisotopic (exact) mass is 267 g/mol. The van der Waals surface area contributed by atoms with Crippen LogP contribution in [0, 0.1) is 6.92 Å². The standard InChI is InChI=1S/C15H13N3O2/c1-11-17-15(18-20-11)13-2-4-14(5-3-13)19-10-12-6-8-16-9-7-12/h2-9H,10H2,1H3. The molecule has 0 saturated heterocycles. The Morgan fingerprint density at radius 1 is 1.05 bits per heavy atom. The molecule has 3 aromatic rings. The summed E-state index contributed by atoms with van der Waals surface area (Å²) in [5, 5.41) is 3.88. The summed E-state index contributed by atoms with van der Waals surface area (Å²) in [4.78, 5) is 8.15. The molecule has 0 bridgehead atoms. The van der Waals surface area contributed by atoms with E-state index in [9.17, 15) is 0 Å². The predicted octanol–water partition coefficient (Wildman–Crippen LogP) is 3.02. The predicted molar refractivity (Wildman–Crippen MR) is 73.0 cm³/mol. The first kappa shape index (κ1) is 12.3. The van der Waals surface area contributed by atoms with E-state index in [0.29, 0.717) is 18.3 Å². The van der Waals surface area contributed by atoms with Gasteiger partial charge in [0.05, 0.1) is 0 Å². The highest BCUT2D eigenvalue weighted by molar-refractivity contribution is 5.55. The maximum Gasteiger partial charge on any atom is 0.223 e. The molecule has 100 valence electrons. The number of aryl methyl sites for hydroxylation is 1. The number of nitrogens with zero attached hydrogens (tertiary/aromatic N) is 3. The summed E-state index contributed by atoms with van der Waals surface area (Å²) in [6.07, 6.45) is 3.50. The molecule has 0 N–H and O–H groups in total. The molecule has 0 unspecified atom stereocenters. The fourth-order valence-corrected chi connectivity index (χ4v) is 1.76. The highest BCUT2D eigenvalue weighted by Gasteiger charge is 2.05. The lowest BCUT2D eigenvalue weighted by Crippen LogP contribution is -1.95. The molecule has 0 aliphatic heterocycles. The molecule has 0 spiro atoms. The van der Waals surface area contributed by atoms with E-state index in [1.54, 1.807) is 19.3 Å². The minimum atomic E-state index is 0.517. The van der Waals surface area contributed by atoms with Gasteiger partial charge in [-0.3, -0.25) is 4.98 Å². The molecule has 0 aliphatic carbocycles. The van der Waals surface area contributed by atoms with Crippen molar-refractivity contribution in [1.82, 2.24) is 15.1 Å². The van der Waals surface area contributed by atoms with Crippen molar-refractivity contribution < 1.29 is 9.26 Å². The molecule has 3 rings (SSSR count). The number of aromatic nitrogens is 3. The maximum atomic E-state index is 5.70. The van der Waals surface area contributed by atoms with Crippen molar-refractivity contribution in [2.75, 3.05) is 0 Å². The van der Waals surface area contributed by atoms with Crippen LogP contribution in [0.2, 0.25) is 0 Å². The van der Waals surface area contributed by atoms with Gasteiger partial charge in [0.2, 0.25) is 11.7 Å². The minimum Gasteiger partial charge on any atom is -0.489 e. The summed E-state index contributed by atoms with van der Waals surface area (Å²) in [5.74, 6) is 1.94. The van der Waals surface area contributed by atoms with Gasteiger partial charge in [-0.05, 0) is 42.0 Å². The van der Waals surface area contributed by atoms with E-state index in [0.717, 1.165) is 16.9 Å². The van der Waals surface area contributed by atoms with Crippen LogP contribution in [0.1, 0.15) is 11.5 Å². The lowest BCUT2D eigenvalue weighted by atomic mass is 10.2. The summed E-state index contributed by atoms with van der Waals surface area (Å²) in [6.45, 7) is 2.28. The molecule has 1 aromatic carbocycles. The molecule has 5 heteroatoms. The second-order valence-corrected chi connectivity index (χ2v) is 4.31. The highest BCUT2D eigenvalue weighted by Crippen LogP contribution is 2.20. The lowest BCUT2D eigenvalue weighted by Gasteiger charge is -2.06. The molecule has 5 nitrogen and oxygen atoms in total. The molecule has 2 aromatic heterocycles. The third kappa shape index (κ3) is 2.83. The van der Waals surface area contributed by atoms with Crippen molar-refractivity contribution in [2.24, 2.45) is 0 Å². The Balaban J connectivity index is 1.67. The second kappa shape index (κ2) is 5.52. The van der Waals surface area contributed by atoms with Crippen molar-refractivity contribution >= 4 is 0 Å². The summed E-state index contributed by atoms with van der Waals surface area (Å²) in [6, 6.07) is 11.5. The zero-order valence-electron chi connectivity index (χ0n) is 11.0. The Bertz CT molecular complexity index is 678. The fraction of sp³-hybridized carbons (Fsp3) is 0.133. The smallest absolute Gasteiger partial charge is 0.223 e. The first-order chi connectivity index (χ1) is 9.81. The number of benzene rings is 1. The Kier molecular flexibility index (Phi) is 3.41. The average molecular weight is 267 g/mol. The molecular formula is C15H13N3O2. The first-order valence-electron chi connectivity index (χ1n) is 6.24. The molecule has 0 atom stereocenters. The molecule has 20 heavy (non-hydrogen) atoms. The van der Waals surface area contributed by atoms with E-state index in [1.165, 1.54) is 0 Å². The van der Waals surface area contributed by atoms with Gasteiger partial charge in [-0.25, -0.2) is 0 Å². The quantitative estimate of drug-likeness (QED) is 0.727. The summed E-state index contributed by atoms with van der Waals surface area (Å²) < 4.78 is 10.7. The Morgan fingerprint density at radius 2 is 1.80 bits per heavy atom. The number of ether oxygens (including phenoxy) is 1. The fourth-order valence-electron chi connectivity index (χ4n) is 1.76. The third-order valence-electron chi connectivity index (χ3n) is 2.79. The number of hydrogen-bond donors (Lipinski definition) is 0. The van der Waals surface area contributed by atoms with Crippen LogP contribution in [0.5, 0.6) is 5.75 Å². The van der Waals surface area contributed by atoms with E-state index in [-0.39, 0.29) is 0 Å². The van der Waals surface area contributed by atoms with E-state index >= 15 is 0 Å². The maximum absolute atomic E-state index is 5.70. The molecular weight excluding hydrogens is 254 g/mol. The van der Waals surface area contributed by atoms with Crippen molar-refractivity contribution in [3.63, 3.8) is 0 Å². The SMILES string of the molecule is Cc1nc(-c2ccc(OCc3ccncc3)cc2)no1. The normalized spacial score (nSPS) is 10.4. The topological polar surface area (TPSA) is 61.0 Å². The Morgan fingerprint density at radius 3 is 2.45 bits per heavy atom. The van der Waals surface area contributed by atoms with Gasteiger partial charge in [0.25, 0.3) is 0 Å². The van der Waals surface area contributed by atoms with Gasteiger partial charge in [-0.2, -0.15) is 4.98 Å². The average Bonchev–Trinajstić information content (AvgIpc) is 2.93. The van der Waals surface area contributed by atoms with Gasteiger partial charge in [0.15, 0.2) is 0 Å². The summed E-state index contributed by atoms with van der Waals surface area (Å²) in [5.41, 5.74) is 1.98. The molecule has 0 fully saturated rings. The van der Waals surface area contributed by atoms with E-state index in [1.807, 2.05) is 36.4 Å². The van der Waals surface area contributed by atoms with Crippen LogP contribution in [0.3, 0.4) is 0 Å². The van der Waals surface area contributed by atoms with Crippen molar-refractivity contribution in [3.8, 4) is 17.1 Å². The number of hydrogen-bond acceptors (Lipinski definition) is 5. The largest absolute Gasteiger partial charge is 0.489 e. The lowest BCUT2D eigenvalue weighted by molar-refractivity contribution is 0.306. The van der Waals surface area contributed by atoms with Gasteiger partial charge in [0, 0.05) is 24.9 Å². The molecule has 0 amide bonds. The minimum absolute atomic E-state index is 0.517. The molecule has 0 aliphatic rings. The third-order valence-corrected chi connectivity index (χ3v) is 2.79. The molecule has 0 saturated carbocycles. The van der Waals surface area contributed by atoms with E-state index < -0.39 is 0 Å². The Hall–Kier alpha value is -2.69. The van der Waals surface area contributed by atoms with Crippen LogP contribution >= 0.6 is 0 Å². The van der Waals surface area contributed by atoms with Gasteiger partial charge >= 0.3 is 0 Å². The second-order valence-electron chi connectivity index (χ2n) is 4.31. The van der Waals surface area contributed by atoms with Crippen LogP contribution in [0.15, 0.2) is 53.3 Å². The van der Waals surface area contributed by atoms with E-state index in [2.05, 4.69) is 15.1 Å². The van der Waals surface area contributed by atoms with Crippen molar-refractivity contribution in [3.05, 3.63) is 60.2 Å². The number of rotatable bonds is 4. The zero-order valence-corrected chi connectivity index (χ0v) is 11.0. The van der Waals surface area contributed by atoms with Gasteiger partial charge < -0.3 is 9.26 Å². The van der Waals surface area contributed by atoms with E-state index in [4.69, 9.17) is 9.26 Å². The Labute approximate surface area is 116 Å². The summed E-state index contributed by atoms with van der Waals surface area (Å²) in [7, 11) is 0.